The van der Waals surface area contributed by atoms with Crippen molar-refractivity contribution in [3.8, 4) is 0 Å². The molecule has 2 aromatic rings. The van der Waals surface area contributed by atoms with E-state index in [1.165, 1.54) is 13.2 Å². The SMILES string of the molecule is COC(=O)c1ccc2c(c1)[C@@H]1C=CC[C@H]1[C@H](c1cc([N+](=O)[O-])ccc1Cl)N2. The Morgan fingerprint density at radius 1 is 1.26 bits per heavy atom. The summed E-state index contributed by atoms with van der Waals surface area (Å²) in [6.45, 7) is 0. The third-order valence-electron chi connectivity index (χ3n) is 5.31. The third-order valence-corrected chi connectivity index (χ3v) is 5.65. The summed E-state index contributed by atoms with van der Waals surface area (Å²) < 4.78 is 4.82. The normalized spacial score (nSPS) is 22.5. The lowest BCUT2D eigenvalue weighted by atomic mass is 9.76. The number of fused-ring (bicyclic) bond motifs is 3. The first-order chi connectivity index (χ1) is 13.0. The van der Waals surface area contributed by atoms with E-state index < -0.39 is 4.92 Å². The number of nitrogens with zero attached hydrogens (tertiary/aromatic N) is 1. The summed E-state index contributed by atoms with van der Waals surface area (Å²) in [6.07, 6.45) is 5.06. The van der Waals surface area contributed by atoms with Crippen molar-refractivity contribution in [3.05, 3.63) is 80.4 Å². The highest BCUT2D eigenvalue weighted by Crippen LogP contribution is 2.51. The molecule has 1 aliphatic carbocycles. The summed E-state index contributed by atoms with van der Waals surface area (Å²) in [4.78, 5) is 22.7. The number of non-ortho nitro benzene ring substituents is 1. The van der Waals surface area contributed by atoms with Crippen molar-refractivity contribution >= 4 is 28.9 Å². The van der Waals surface area contributed by atoms with Gasteiger partial charge in [-0.1, -0.05) is 23.8 Å². The van der Waals surface area contributed by atoms with Gasteiger partial charge in [-0.05, 0) is 42.2 Å². The Morgan fingerprint density at radius 3 is 2.81 bits per heavy atom. The molecule has 4 rings (SSSR count). The van der Waals surface area contributed by atoms with Crippen molar-refractivity contribution in [3.63, 3.8) is 0 Å². The van der Waals surface area contributed by atoms with Crippen molar-refractivity contribution in [2.45, 2.75) is 18.4 Å². The van der Waals surface area contributed by atoms with Crippen LogP contribution in [0.3, 0.4) is 0 Å². The maximum atomic E-state index is 11.9. The number of nitro benzene ring substituents is 1. The molecule has 27 heavy (non-hydrogen) atoms. The van der Waals surface area contributed by atoms with Gasteiger partial charge < -0.3 is 10.1 Å². The highest BCUT2D eigenvalue weighted by molar-refractivity contribution is 6.31. The maximum absolute atomic E-state index is 11.9. The fraction of sp³-hybridized carbons (Fsp3) is 0.250. The Kier molecular flexibility index (Phi) is 4.36. The highest BCUT2D eigenvalue weighted by Gasteiger charge is 2.39. The number of esters is 1. The molecule has 3 atom stereocenters. The molecule has 1 aliphatic heterocycles. The molecule has 0 radical (unpaired) electrons. The number of methoxy groups -OCH3 is 1. The van der Waals surface area contributed by atoms with Crippen LogP contribution in [0.5, 0.6) is 0 Å². The standard InChI is InChI=1S/C20H17ClN2O4/c1-27-20(24)11-5-8-18-15(9-11)13-3-2-4-14(13)19(22-18)16-10-12(23(25)26)6-7-17(16)21/h2-3,5-10,13-14,19,22H,4H2,1H3/t13-,14-,19-/m1/s1. The Hall–Kier alpha value is -2.86. The molecule has 0 spiro atoms. The molecule has 138 valence electrons. The van der Waals surface area contributed by atoms with Gasteiger partial charge in [0.05, 0.1) is 23.6 Å². The van der Waals surface area contributed by atoms with Gasteiger partial charge in [0.25, 0.3) is 5.69 Å². The van der Waals surface area contributed by atoms with Crippen molar-refractivity contribution in [2.24, 2.45) is 5.92 Å². The smallest absolute Gasteiger partial charge is 0.337 e. The van der Waals surface area contributed by atoms with Gasteiger partial charge >= 0.3 is 5.97 Å². The average molecular weight is 385 g/mol. The summed E-state index contributed by atoms with van der Waals surface area (Å²) in [5.74, 6) is -0.115. The summed E-state index contributed by atoms with van der Waals surface area (Å²) in [7, 11) is 1.36. The number of anilines is 1. The lowest BCUT2D eigenvalue weighted by molar-refractivity contribution is -0.384. The molecule has 2 aliphatic rings. The average Bonchev–Trinajstić information content (AvgIpc) is 3.17. The van der Waals surface area contributed by atoms with Gasteiger partial charge in [-0.3, -0.25) is 10.1 Å². The number of allylic oxidation sites excluding steroid dienone is 2. The lowest BCUT2D eigenvalue weighted by Crippen LogP contribution is -2.29. The monoisotopic (exact) mass is 384 g/mol. The van der Waals surface area contributed by atoms with Gasteiger partial charge in [-0.2, -0.15) is 0 Å². The van der Waals surface area contributed by atoms with Gasteiger partial charge in [-0.15, -0.1) is 0 Å². The highest BCUT2D eigenvalue weighted by atomic mass is 35.5. The van der Waals surface area contributed by atoms with E-state index in [9.17, 15) is 14.9 Å². The van der Waals surface area contributed by atoms with Gasteiger partial charge in [0.2, 0.25) is 0 Å². The Balaban J connectivity index is 1.78. The summed E-state index contributed by atoms with van der Waals surface area (Å²) in [5.41, 5.74) is 3.15. The minimum Gasteiger partial charge on any atom is -0.465 e. The summed E-state index contributed by atoms with van der Waals surface area (Å²) in [5, 5.41) is 15.2. The molecule has 0 bridgehead atoms. The van der Waals surface area contributed by atoms with E-state index in [0.29, 0.717) is 16.1 Å². The van der Waals surface area contributed by atoms with Crippen molar-refractivity contribution in [1.29, 1.82) is 0 Å². The molecule has 0 aromatic heterocycles. The fourth-order valence-corrected chi connectivity index (χ4v) is 4.27. The van der Waals surface area contributed by atoms with Crippen molar-refractivity contribution < 1.29 is 14.5 Å². The third kappa shape index (κ3) is 2.96. The number of halogens is 1. The second kappa shape index (κ2) is 6.70. The lowest BCUT2D eigenvalue weighted by Gasteiger charge is -2.38. The molecule has 0 saturated heterocycles. The van der Waals surface area contributed by atoms with Crippen LogP contribution in [0.15, 0.2) is 48.6 Å². The molecule has 1 heterocycles. The fourth-order valence-electron chi connectivity index (χ4n) is 4.03. The molecule has 0 saturated carbocycles. The molecule has 0 unspecified atom stereocenters. The van der Waals surface area contributed by atoms with Crippen molar-refractivity contribution in [2.75, 3.05) is 12.4 Å². The Labute approximate surface area is 160 Å². The van der Waals surface area contributed by atoms with E-state index in [-0.39, 0.29) is 29.5 Å². The topological polar surface area (TPSA) is 81.5 Å². The van der Waals surface area contributed by atoms with Gasteiger partial charge in [0.15, 0.2) is 0 Å². The minimum absolute atomic E-state index is 0.0190. The van der Waals surface area contributed by atoms with Crippen LogP contribution in [0, 0.1) is 16.0 Å². The molecule has 1 N–H and O–H groups in total. The zero-order valence-electron chi connectivity index (χ0n) is 14.5. The largest absolute Gasteiger partial charge is 0.465 e. The van der Waals surface area contributed by atoms with Crippen LogP contribution in [0.25, 0.3) is 0 Å². The number of hydrogen-bond donors (Lipinski definition) is 1. The predicted octanol–water partition coefficient (Wildman–Crippen LogP) is 4.86. The maximum Gasteiger partial charge on any atom is 0.337 e. The zero-order valence-corrected chi connectivity index (χ0v) is 15.3. The Morgan fingerprint density at radius 2 is 2.07 bits per heavy atom. The van der Waals surface area contributed by atoms with Crippen LogP contribution >= 0.6 is 11.6 Å². The first kappa shape index (κ1) is 17.5. The molecule has 6 nitrogen and oxygen atoms in total. The Bertz CT molecular complexity index is 972. The van der Waals surface area contributed by atoms with E-state index in [0.717, 1.165) is 17.7 Å². The summed E-state index contributed by atoms with van der Waals surface area (Å²) >= 11 is 6.39. The van der Waals surface area contributed by atoms with Crippen LogP contribution in [-0.4, -0.2) is 18.0 Å². The predicted molar refractivity (Wildman–Crippen MR) is 102 cm³/mol. The second-order valence-electron chi connectivity index (χ2n) is 6.73. The quantitative estimate of drug-likeness (QED) is 0.353. The summed E-state index contributed by atoms with van der Waals surface area (Å²) in [6, 6.07) is 9.79. The van der Waals surface area contributed by atoms with Crippen LogP contribution < -0.4 is 5.32 Å². The second-order valence-corrected chi connectivity index (χ2v) is 7.14. The van der Waals surface area contributed by atoms with E-state index in [1.54, 1.807) is 18.2 Å². The van der Waals surface area contributed by atoms with Crippen LogP contribution in [0.1, 0.15) is 39.9 Å². The molecule has 2 aromatic carbocycles. The zero-order chi connectivity index (χ0) is 19.1. The number of rotatable bonds is 3. The molecular formula is C20H17ClN2O4. The number of nitrogens with one attached hydrogen (secondary N) is 1. The number of ether oxygens (including phenoxy) is 1. The van der Waals surface area contributed by atoms with Crippen LogP contribution in [0.4, 0.5) is 11.4 Å². The first-order valence-corrected chi connectivity index (χ1v) is 8.96. The molecule has 0 fully saturated rings. The van der Waals surface area contributed by atoms with Crippen LogP contribution in [0.2, 0.25) is 5.02 Å². The van der Waals surface area contributed by atoms with Crippen LogP contribution in [-0.2, 0) is 4.74 Å². The number of carbonyl (C=O) groups is 1. The van der Waals surface area contributed by atoms with E-state index in [2.05, 4.69) is 17.5 Å². The van der Waals surface area contributed by atoms with Gasteiger partial charge in [0, 0.05) is 34.3 Å². The van der Waals surface area contributed by atoms with E-state index >= 15 is 0 Å². The number of nitro groups is 1. The first-order valence-electron chi connectivity index (χ1n) is 8.59. The number of hydrogen-bond acceptors (Lipinski definition) is 5. The van der Waals surface area contributed by atoms with Crippen molar-refractivity contribution in [1.82, 2.24) is 0 Å². The molecular weight excluding hydrogens is 368 g/mol. The number of benzene rings is 2. The van der Waals surface area contributed by atoms with Gasteiger partial charge in [0.1, 0.15) is 0 Å². The molecule has 0 amide bonds. The minimum atomic E-state index is -0.413. The number of carbonyl (C=O) groups excluding carboxylic acids is 1. The van der Waals surface area contributed by atoms with E-state index in [1.807, 2.05) is 12.1 Å². The van der Waals surface area contributed by atoms with Gasteiger partial charge in [-0.25, -0.2) is 4.79 Å². The van der Waals surface area contributed by atoms with E-state index in [4.69, 9.17) is 16.3 Å². The molecule has 7 heteroatoms.